The molecule has 0 aliphatic carbocycles. The number of carbonyl (C=O) groups is 3. The lowest BCUT2D eigenvalue weighted by molar-refractivity contribution is -0.149. The highest BCUT2D eigenvalue weighted by atomic mass is 16.5. The highest BCUT2D eigenvalue weighted by Gasteiger charge is 2.39. The van der Waals surface area contributed by atoms with E-state index in [1.807, 2.05) is 31.2 Å². The minimum Gasteiger partial charge on any atom is -0.469 e. The number of carbonyl (C=O) groups excluding carboxylic acids is 3. The van der Waals surface area contributed by atoms with Crippen LogP contribution < -0.4 is 4.90 Å². The van der Waals surface area contributed by atoms with Gasteiger partial charge in [-0.1, -0.05) is 18.2 Å². The number of amides is 2. The molecular formula is C19H24N2O4. The number of benzene rings is 1. The summed E-state index contributed by atoms with van der Waals surface area (Å²) in [6.45, 7) is 3.50. The van der Waals surface area contributed by atoms with Crippen molar-refractivity contribution in [3.63, 3.8) is 0 Å². The van der Waals surface area contributed by atoms with Crippen LogP contribution in [0.2, 0.25) is 0 Å². The Labute approximate surface area is 147 Å². The number of aryl methyl sites for hydroxylation is 1. The Morgan fingerprint density at radius 1 is 1.12 bits per heavy atom. The zero-order chi connectivity index (χ0) is 18.0. The summed E-state index contributed by atoms with van der Waals surface area (Å²) in [5, 5.41) is 0. The first-order valence-electron chi connectivity index (χ1n) is 8.74. The third kappa shape index (κ3) is 3.52. The minimum atomic E-state index is -0.304. The van der Waals surface area contributed by atoms with E-state index >= 15 is 0 Å². The number of piperidine rings is 1. The van der Waals surface area contributed by atoms with E-state index in [1.54, 1.807) is 9.80 Å². The van der Waals surface area contributed by atoms with E-state index in [1.165, 1.54) is 7.11 Å². The van der Waals surface area contributed by atoms with Gasteiger partial charge in [0.15, 0.2) is 0 Å². The largest absolute Gasteiger partial charge is 0.469 e. The highest BCUT2D eigenvalue weighted by Crippen LogP contribution is 2.29. The van der Waals surface area contributed by atoms with E-state index in [2.05, 4.69) is 0 Å². The Morgan fingerprint density at radius 3 is 2.44 bits per heavy atom. The maximum absolute atomic E-state index is 12.8. The fourth-order valence-corrected chi connectivity index (χ4v) is 3.73. The Kier molecular flexibility index (Phi) is 5.06. The molecule has 0 aromatic heterocycles. The number of methoxy groups -OCH3 is 1. The lowest BCUT2D eigenvalue weighted by Gasteiger charge is -2.32. The predicted molar refractivity (Wildman–Crippen MR) is 93.0 cm³/mol. The van der Waals surface area contributed by atoms with Gasteiger partial charge in [0.2, 0.25) is 11.8 Å². The van der Waals surface area contributed by atoms with E-state index in [0.717, 1.165) is 11.3 Å². The summed E-state index contributed by atoms with van der Waals surface area (Å²) in [5.41, 5.74) is 1.91. The molecule has 0 saturated carbocycles. The molecule has 1 aromatic rings. The van der Waals surface area contributed by atoms with Crippen LogP contribution >= 0.6 is 0 Å². The second-order valence-electron chi connectivity index (χ2n) is 6.81. The first-order valence-corrected chi connectivity index (χ1v) is 8.74. The Hall–Kier alpha value is -2.37. The first-order chi connectivity index (χ1) is 12.0. The van der Waals surface area contributed by atoms with Crippen LogP contribution in [0.3, 0.4) is 0 Å². The number of hydrogen-bond acceptors (Lipinski definition) is 4. The zero-order valence-corrected chi connectivity index (χ0v) is 14.7. The summed E-state index contributed by atoms with van der Waals surface area (Å²) in [7, 11) is 1.39. The molecular weight excluding hydrogens is 320 g/mol. The molecule has 2 saturated heterocycles. The second-order valence-corrected chi connectivity index (χ2v) is 6.81. The molecule has 0 spiro atoms. The van der Waals surface area contributed by atoms with Crippen molar-refractivity contribution < 1.29 is 19.1 Å². The van der Waals surface area contributed by atoms with Crippen molar-refractivity contribution in [2.75, 3.05) is 31.6 Å². The van der Waals surface area contributed by atoms with Crippen molar-refractivity contribution in [2.45, 2.75) is 26.2 Å². The molecule has 6 heteroatoms. The molecule has 134 valence electrons. The van der Waals surface area contributed by atoms with Crippen molar-refractivity contribution in [3.05, 3.63) is 29.8 Å². The smallest absolute Gasteiger partial charge is 0.308 e. The Balaban J connectivity index is 1.62. The van der Waals surface area contributed by atoms with Crippen molar-refractivity contribution >= 4 is 23.5 Å². The number of hydrogen-bond donors (Lipinski definition) is 0. The molecule has 0 radical (unpaired) electrons. The molecule has 2 amide bonds. The van der Waals surface area contributed by atoms with Crippen LogP contribution in [0.5, 0.6) is 0 Å². The summed E-state index contributed by atoms with van der Waals surface area (Å²) in [6.07, 6.45) is 1.51. The average Bonchev–Trinajstić information content (AvgIpc) is 3.02. The number of esters is 1. The molecule has 25 heavy (non-hydrogen) atoms. The molecule has 2 aliphatic rings. The van der Waals surface area contributed by atoms with Crippen molar-refractivity contribution in [1.82, 2.24) is 4.90 Å². The fraction of sp³-hybridized carbons (Fsp3) is 0.526. The average molecular weight is 344 g/mol. The quantitative estimate of drug-likeness (QED) is 0.784. The molecule has 3 rings (SSSR count). The number of anilines is 1. The zero-order valence-electron chi connectivity index (χ0n) is 14.7. The van der Waals surface area contributed by atoms with E-state index in [9.17, 15) is 14.4 Å². The fourth-order valence-electron chi connectivity index (χ4n) is 3.73. The third-order valence-corrected chi connectivity index (χ3v) is 5.22. The van der Waals surface area contributed by atoms with Crippen molar-refractivity contribution in [1.29, 1.82) is 0 Å². The monoisotopic (exact) mass is 344 g/mol. The number of nitrogens with zero attached hydrogens (tertiary/aromatic N) is 2. The van der Waals surface area contributed by atoms with Gasteiger partial charge in [-0.15, -0.1) is 0 Å². The van der Waals surface area contributed by atoms with Gasteiger partial charge in [0.25, 0.3) is 0 Å². The Morgan fingerprint density at radius 2 is 1.80 bits per heavy atom. The van der Waals surface area contributed by atoms with Gasteiger partial charge in [-0.25, -0.2) is 0 Å². The van der Waals surface area contributed by atoms with Crippen LogP contribution in [0.4, 0.5) is 5.69 Å². The second kappa shape index (κ2) is 7.25. The number of rotatable bonds is 3. The van der Waals surface area contributed by atoms with Crippen LogP contribution in [-0.4, -0.2) is 49.4 Å². The standard InChI is InChI=1S/C19H24N2O4/c1-13-5-3-4-6-16(13)21-12-15(11-17(21)22)18(23)20-9-7-14(8-10-20)19(24)25-2/h3-6,14-15H,7-12H2,1-2H3. The van der Waals surface area contributed by atoms with Crippen LogP contribution in [-0.2, 0) is 19.1 Å². The highest BCUT2D eigenvalue weighted by molar-refractivity contribution is 6.00. The maximum Gasteiger partial charge on any atom is 0.308 e. The molecule has 2 heterocycles. The van der Waals surface area contributed by atoms with Crippen LogP contribution in [0.25, 0.3) is 0 Å². The molecule has 2 aliphatic heterocycles. The SMILES string of the molecule is COC(=O)C1CCN(C(=O)C2CC(=O)N(c3ccccc3C)C2)CC1. The van der Waals surface area contributed by atoms with Gasteiger partial charge in [-0.3, -0.25) is 14.4 Å². The molecule has 2 fully saturated rings. The number of likely N-dealkylation sites (tertiary alicyclic amines) is 1. The molecule has 1 unspecified atom stereocenters. The summed E-state index contributed by atoms with van der Waals surface area (Å²) < 4.78 is 4.78. The summed E-state index contributed by atoms with van der Waals surface area (Å²) in [5.74, 6) is -0.608. The van der Waals surface area contributed by atoms with E-state index in [4.69, 9.17) is 4.74 Å². The topological polar surface area (TPSA) is 66.9 Å². The van der Waals surface area contributed by atoms with Gasteiger partial charge < -0.3 is 14.5 Å². The van der Waals surface area contributed by atoms with Gasteiger partial charge in [-0.2, -0.15) is 0 Å². The van der Waals surface area contributed by atoms with E-state index < -0.39 is 0 Å². The summed E-state index contributed by atoms with van der Waals surface area (Å²) >= 11 is 0. The van der Waals surface area contributed by atoms with Gasteiger partial charge in [0.1, 0.15) is 0 Å². The predicted octanol–water partition coefficient (Wildman–Crippen LogP) is 1.76. The van der Waals surface area contributed by atoms with Crippen LogP contribution in [0.1, 0.15) is 24.8 Å². The lowest BCUT2D eigenvalue weighted by atomic mass is 9.95. The number of ether oxygens (including phenoxy) is 1. The molecule has 6 nitrogen and oxygen atoms in total. The van der Waals surface area contributed by atoms with Crippen LogP contribution in [0, 0.1) is 18.8 Å². The van der Waals surface area contributed by atoms with Gasteiger partial charge >= 0.3 is 5.97 Å². The first kappa shape index (κ1) is 17.5. The summed E-state index contributed by atoms with van der Waals surface area (Å²) in [6, 6.07) is 7.73. The molecule has 0 bridgehead atoms. The lowest BCUT2D eigenvalue weighted by Crippen LogP contribution is -2.43. The molecule has 1 atom stereocenters. The van der Waals surface area contributed by atoms with E-state index in [0.29, 0.717) is 32.5 Å². The van der Waals surface area contributed by atoms with Crippen molar-refractivity contribution in [3.8, 4) is 0 Å². The molecule has 1 aromatic carbocycles. The van der Waals surface area contributed by atoms with Gasteiger partial charge in [-0.05, 0) is 31.4 Å². The van der Waals surface area contributed by atoms with Crippen molar-refractivity contribution in [2.24, 2.45) is 11.8 Å². The van der Waals surface area contributed by atoms with Gasteiger partial charge in [0, 0.05) is 31.7 Å². The number of para-hydroxylation sites is 1. The van der Waals surface area contributed by atoms with Gasteiger partial charge in [0.05, 0.1) is 18.9 Å². The maximum atomic E-state index is 12.8. The minimum absolute atomic E-state index is 0.00269. The molecule has 0 N–H and O–H groups in total. The van der Waals surface area contributed by atoms with E-state index in [-0.39, 0.29) is 36.0 Å². The Bertz CT molecular complexity index is 680. The third-order valence-electron chi connectivity index (χ3n) is 5.22. The van der Waals surface area contributed by atoms with Crippen LogP contribution in [0.15, 0.2) is 24.3 Å². The summed E-state index contributed by atoms with van der Waals surface area (Å²) in [4.78, 5) is 40.3. The normalized spacial score (nSPS) is 21.5.